The van der Waals surface area contributed by atoms with Gasteiger partial charge in [-0.25, -0.2) is 0 Å². The van der Waals surface area contributed by atoms with Crippen LogP contribution < -0.4 is 26.1 Å². The van der Waals surface area contributed by atoms with Crippen LogP contribution in [0.2, 0.25) is 0 Å². The minimum Gasteiger partial charge on any atom is -0.506 e. The first kappa shape index (κ1) is 24.3. The van der Waals surface area contributed by atoms with Crippen LogP contribution in [0, 0.1) is 0 Å². The number of hydrogen-bond donors (Lipinski definition) is 1. The lowest BCUT2D eigenvalue weighted by Gasteiger charge is -2.34. The van der Waals surface area contributed by atoms with Gasteiger partial charge in [0, 0.05) is 12.6 Å². The van der Waals surface area contributed by atoms with Gasteiger partial charge in [0.2, 0.25) is 0 Å². The molecule has 0 aliphatic rings. The van der Waals surface area contributed by atoms with Gasteiger partial charge < -0.3 is 10.0 Å². The Bertz CT molecular complexity index is 1180. The number of nitrogens with zero attached hydrogens (tertiary/aromatic N) is 1. The van der Waals surface area contributed by atoms with E-state index >= 15 is 0 Å². The molecule has 0 bridgehead atoms. The zero-order valence-electron chi connectivity index (χ0n) is 20.1. The number of phenolic OH excluding ortho intramolecular Hbond substituents is 1. The molecule has 0 aromatic heterocycles. The third kappa shape index (κ3) is 5.85. The molecule has 0 saturated heterocycles. The van der Waals surface area contributed by atoms with E-state index in [1.54, 1.807) is 6.07 Å². The maximum atomic E-state index is 11.0. The summed E-state index contributed by atoms with van der Waals surface area (Å²) in [7, 11) is -1.34. The zero-order chi connectivity index (χ0) is 24.6. The highest BCUT2D eigenvalue weighted by Crippen LogP contribution is 2.43. The minimum atomic E-state index is -0.669. The smallest absolute Gasteiger partial charge is 0.138 e. The van der Waals surface area contributed by atoms with E-state index in [9.17, 15) is 5.11 Å². The fraction of sp³-hybridized carbons (Fsp3) is 0.0625. The highest BCUT2D eigenvalue weighted by Gasteiger charge is 2.24. The molecule has 0 saturated carbocycles. The van der Waals surface area contributed by atoms with Crippen molar-refractivity contribution in [2.45, 2.75) is 0 Å². The fourth-order valence-electron chi connectivity index (χ4n) is 4.33. The molecule has 36 heavy (non-hydrogen) atoms. The first-order valence-electron chi connectivity index (χ1n) is 12.1. The third-order valence-electron chi connectivity index (χ3n) is 6.12. The number of aromatic hydroxyl groups is 1. The summed E-state index contributed by atoms with van der Waals surface area (Å²) in [6.07, 6.45) is 1.64. The molecule has 0 aliphatic heterocycles. The monoisotopic (exact) mass is 505 g/mol. The molecule has 0 atom stereocenters. The molecule has 0 aliphatic carbocycles. The molecule has 0 amide bonds. The lowest BCUT2D eigenvalue weighted by molar-refractivity contribution is 0.475. The van der Waals surface area contributed by atoms with E-state index in [1.165, 1.54) is 21.2 Å². The molecule has 2 nitrogen and oxygen atoms in total. The Hall–Kier alpha value is -3.44. The summed E-state index contributed by atoms with van der Waals surface area (Å²) in [6, 6.07) is 50.9. The molecule has 5 rings (SSSR count). The van der Waals surface area contributed by atoms with Crippen molar-refractivity contribution < 1.29 is 5.11 Å². The molecule has 5 aromatic carbocycles. The van der Waals surface area contributed by atoms with Gasteiger partial charge in [-0.05, 0) is 49.2 Å². The molecular formula is C32H29NOP2. The SMILES string of the molecule is Oc1ccccc1N(CP(c1ccccc1)c1ccccc1)CP(c1ccccc1)c1ccccc1. The van der Waals surface area contributed by atoms with Crippen molar-refractivity contribution in [1.82, 2.24) is 0 Å². The van der Waals surface area contributed by atoms with Crippen molar-refractivity contribution in [2.75, 3.05) is 17.5 Å². The summed E-state index contributed by atoms with van der Waals surface area (Å²) in [4.78, 5) is 2.41. The van der Waals surface area contributed by atoms with Crippen molar-refractivity contribution >= 4 is 42.7 Å². The van der Waals surface area contributed by atoms with Crippen molar-refractivity contribution in [3.05, 3.63) is 146 Å². The van der Waals surface area contributed by atoms with Gasteiger partial charge in [-0.3, -0.25) is 0 Å². The van der Waals surface area contributed by atoms with E-state index in [0.717, 1.165) is 18.3 Å². The summed E-state index contributed by atoms with van der Waals surface area (Å²) in [5.74, 6) is 0.324. The Kier molecular flexibility index (Phi) is 8.09. The second kappa shape index (κ2) is 12.0. The van der Waals surface area contributed by atoms with Crippen LogP contribution in [-0.2, 0) is 0 Å². The minimum absolute atomic E-state index is 0.324. The molecule has 178 valence electrons. The lowest BCUT2D eigenvalue weighted by atomic mass is 10.3. The van der Waals surface area contributed by atoms with Gasteiger partial charge >= 0.3 is 0 Å². The zero-order valence-corrected chi connectivity index (χ0v) is 21.8. The maximum Gasteiger partial charge on any atom is 0.138 e. The van der Waals surface area contributed by atoms with Crippen LogP contribution in [-0.4, -0.2) is 17.7 Å². The molecule has 0 radical (unpaired) electrons. The Morgan fingerprint density at radius 3 is 1.06 bits per heavy atom. The average Bonchev–Trinajstić information content (AvgIpc) is 2.96. The van der Waals surface area contributed by atoms with Crippen molar-refractivity contribution in [3.8, 4) is 5.75 Å². The fourth-order valence-corrected chi connectivity index (χ4v) is 9.05. The van der Waals surface area contributed by atoms with Gasteiger partial charge in [0.05, 0.1) is 5.69 Å². The average molecular weight is 506 g/mol. The molecule has 1 N–H and O–H groups in total. The van der Waals surface area contributed by atoms with Crippen LogP contribution in [0.25, 0.3) is 0 Å². The van der Waals surface area contributed by atoms with Gasteiger partial charge in [-0.2, -0.15) is 0 Å². The van der Waals surface area contributed by atoms with Crippen LogP contribution >= 0.6 is 15.8 Å². The molecule has 0 unspecified atom stereocenters. The summed E-state index contributed by atoms with van der Waals surface area (Å²) in [6.45, 7) is 0. The van der Waals surface area contributed by atoms with Gasteiger partial charge in [0.15, 0.2) is 0 Å². The van der Waals surface area contributed by atoms with Gasteiger partial charge in [-0.15, -0.1) is 0 Å². The molecule has 4 heteroatoms. The Morgan fingerprint density at radius 2 is 0.722 bits per heavy atom. The summed E-state index contributed by atoms with van der Waals surface area (Å²) in [5, 5.41) is 16.3. The largest absolute Gasteiger partial charge is 0.506 e. The van der Waals surface area contributed by atoms with E-state index in [2.05, 4.69) is 126 Å². The standard InChI is InChI=1S/C32H29NOP2/c34-32-24-14-13-23-31(32)33(25-35(27-15-5-1-6-16-27)28-17-7-2-8-18-28)26-36(29-19-9-3-10-20-29)30-21-11-4-12-22-30/h1-24,34H,25-26H2. The van der Waals surface area contributed by atoms with Crippen molar-refractivity contribution in [3.63, 3.8) is 0 Å². The van der Waals surface area contributed by atoms with Crippen LogP contribution in [0.15, 0.2) is 146 Å². The number of rotatable bonds is 9. The summed E-state index contributed by atoms with van der Waals surface area (Å²) < 4.78 is 0. The van der Waals surface area contributed by atoms with Crippen molar-refractivity contribution in [1.29, 1.82) is 0 Å². The highest BCUT2D eigenvalue weighted by atomic mass is 31.1. The number of anilines is 1. The van der Waals surface area contributed by atoms with E-state index < -0.39 is 15.8 Å². The van der Waals surface area contributed by atoms with Crippen LogP contribution in [0.3, 0.4) is 0 Å². The Morgan fingerprint density at radius 1 is 0.417 bits per heavy atom. The van der Waals surface area contributed by atoms with Crippen LogP contribution in [0.4, 0.5) is 5.69 Å². The quantitative estimate of drug-likeness (QED) is 0.235. The van der Waals surface area contributed by atoms with E-state index in [1.807, 2.05) is 18.2 Å². The first-order valence-corrected chi connectivity index (χ1v) is 15.1. The van der Waals surface area contributed by atoms with Crippen LogP contribution in [0.1, 0.15) is 0 Å². The predicted octanol–water partition coefficient (Wildman–Crippen LogP) is 6.38. The van der Waals surface area contributed by atoms with Crippen LogP contribution in [0.5, 0.6) is 5.75 Å². The number of benzene rings is 5. The molecule has 0 spiro atoms. The molecule has 5 aromatic rings. The van der Waals surface area contributed by atoms with E-state index in [0.29, 0.717) is 5.75 Å². The van der Waals surface area contributed by atoms with Crippen molar-refractivity contribution in [2.24, 2.45) is 0 Å². The number of hydrogen-bond acceptors (Lipinski definition) is 2. The normalized spacial score (nSPS) is 11.1. The maximum absolute atomic E-state index is 11.0. The summed E-state index contributed by atoms with van der Waals surface area (Å²) >= 11 is 0. The van der Waals surface area contributed by atoms with Gasteiger partial charge in [-0.1, -0.05) is 133 Å². The van der Waals surface area contributed by atoms with E-state index in [4.69, 9.17) is 0 Å². The van der Waals surface area contributed by atoms with E-state index in [-0.39, 0.29) is 0 Å². The third-order valence-corrected chi connectivity index (χ3v) is 11.1. The molecular weight excluding hydrogens is 476 g/mol. The number of para-hydroxylation sites is 2. The Labute approximate surface area is 216 Å². The summed E-state index contributed by atoms with van der Waals surface area (Å²) in [5.41, 5.74) is 0.885. The second-order valence-electron chi connectivity index (χ2n) is 8.51. The highest BCUT2D eigenvalue weighted by molar-refractivity contribution is 7.74. The molecule has 0 fully saturated rings. The number of phenols is 1. The second-order valence-corrected chi connectivity index (χ2v) is 12.9. The van der Waals surface area contributed by atoms with Gasteiger partial charge in [0.1, 0.15) is 5.75 Å². The van der Waals surface area contributed by atoms with Gasteiger partial charge in [0.25, 0.3) is 0 Å². The lowest BCUT2D eigenvalue weighted by Crippen LogP contribution is -2.32. The topological polar surface area (TPSA) is 23.5 Å². The molecule has 0 heterocycles. The predicted molar refractivity (Wildman–Crippen MR) is 158 cm³/mol. The Balaban J connectivity index is 1.58. The first-order chi connectivity index (χ1) is 17.8.